The molecule has 0 amide bonds. The topological polar surface area (TPSA) is 26.0 Å². The third kappa shape index (κ3) is 1.46. The zero-order valence-electron chi connectivity index (χ0n) is 7.33. The molecule has 0 radical (unpaired) electrons. The number of hydrogen-bond acceptors (Lipinski definition) is 1. The van der Waals surface area contributed by atoms with Gasteiger partial charge in [-0.1, -0.05) is 6.04 Å². The van der Waals surface area contributed by atoms with Gasteiger partial charge in [0, 0.05) is 8.95 Å². The van der Waals surface area contributed by atoms with Gasteiger partial charge in [0.15, 0.2) is 0 Å². The van der Waals surface area contributed by atoms with Crippen LogP contribution in [0.3, 0.4) is 0 Å². The first-order valence-electron chi connectivity index (χ1n) is 3.67. The molecule has 0 aliphatic heterocycles. The van der Waals surface area contributed by atoms with E-state index in [1.54, 1.807) is 0 Å². The lowest BCUT2D eigenvalue weighted by molar-refractivity contribution is 1.59. The molecule has 9 heavy (non-hydrogen) atoms. The van der Waals surface area contributed by atoms with E-state index in [0.29, 0.717) is 14.6 Å². The van der Waals surface area contributed by atoms with Gasteiger partial charge in [-0.25, -0.2) is 0 Å². The summed E-state index contributed by atoms with van der Waals surface area (Å²) >= 11 is 6.14. The van der Waals surface area contributed by atoms with Crippen LogP contribution in [0.15, 0.2) is 27.1 Å². The highest BCUT2D eigenvalue weighted by Gasteiger charge is 1.96. The Hall–Kier alpha value is -0.0200. The standard InChI is InChI=1S/C6H5Br2N/c7-4-2-1-3-5(8)6(4)9/h1-3H,9H2/i1D,2D,3D. The molecule has 0 spiro atoms. The van der Waals surface area contributed by atoms with Crippen LogP contribution < -0.4 is 5.73 Å². The lowest BCUT2D eigenvalue weighted by Gasteiger charge is -1.97. The molecule has 0 saturated heterocycles. The first-order valence-corrected chi connectivity index (χ1v) is 3.75. The number of halogens is 2. The molecule has 0 aliphatic carbocycles. The summed E-state index contributed by atoms with van der Waals surface area (Å²) in [5.74, 6) is 0. The van der Waals surface area contributed by atoms with Crippen LogP contribution in [-0.4, -0.2) is 0 Å². The summed E-state index contributed by atoms with van der Waals surface area (Å²) in [4.78, 5) is 0. The Bertz CT molecular complexity index is 235. The summed E-state index contributed by atoms with van der Waals surface area (Å²) < 4.78 is 22.8. The predicted octanol–water partition coefficient (Wildman–Crippen LogP) is 2.79. The van der Waals surface area contributed by atoms with Crippen molar-refractivity contribution in [1.29, 1.82) is 0 Å². The highest BCUT2D eigenvalue weighted by molar-refractivity contribution is 9.11. The third-order valence-electron chi connectivity index (χ3n) is 0.817. The fourth-order valence-corrected chi connectivity index (χ4v) is 1.23. The van der Waals surface area contributed by atoms with E-state index in [9.17, 15) is 0 Å². The van der Waals surface area contributed by atoms with Crippen LogP contribution in [-0.2, 0) is 0 Å². The normalized spacial score (nSPS) is 14.2. The van der Waals surface area contributed by atoms with Crippen LogP contribution in [0.5, 0.6) is 0 Å². The molecule has 1 aromatic rings. The van der Waals surface area contributed by atoms with Gasteiger partial charge in [0.25, 0.3) is 0 Å². The second kappa shape index (κ2) is 2.71. The molecule has 1 nitrogen and oxygen atoms in total. The average molecular weight is 254 g/mol. The van der Waals surface area contributed by atoms with E-state index in [4.69, 9.17) is 9.85 Å². The van der Waals surface area contributed by atoms with E-state index >= 15 is 0 Å². The molecule has 0 unspecified atom stereocenters. The monoisotopic (exact) mass is 252 g/mol. The Morgan fingerprint density at radius 3 is 2.22 bits per heavy atom. The van der Waals surface area contributed by atoms with Gasteiger partial charge < -0.3 is 5.73 Å². The second-order valence-corrected chi connectivity index (χ2v) is 3.00. The zero-order chi connectivity index (χ0) is 9.46. The molecule has 2 N–H and O–H groups in total. The van der Waals surface area contributed by atoms with Crippen molar-refractivity contribution in [3.05, 3.63) is 27.1 Å². The van der Waals surface area contributed by atoms with Crippen molar-refractivity contribution >= 4 is 37.5 Å². The number of rotatable bonds is 0. The molecular formula is C6H5Br2N. The number of benzene rings is 1. The molecule has 0 atom stereocenters. The van der Waals surface area contributed by atoms with Crippen LogP contribution in [0.2, 0.25) is 0 Å². The first-order chi connectivity index (χ1) is 5.46. The van der Waals surface area contributed by atoms with E-state index < -0.39 is 0 Å². The van der Waals surface area contributed by atoms with Crippen LogP contribution in [0.25, 0.3) is 0 Å². The number of nitrogen functional groups attached to an aromatic ring is 1. The zero-order valence-corrected chi connectivity index (χ0v) is 7.51. The highest BCUT2D eigenvalue weighted by atomic mass is 79.9. The Kier molecular flexibility index (Phi) is 1.20. The maximum atomic E-state index is 7.37. The summed E-state index contributed by atoms with van der Waals surface area (Å²) in [7, 11) is 0. The molecule has 0 saturated carbocycles. The van der Waals surface area contributed by atoms with Gasteiger partial charge >= 0.3 is 0 Å². The largest absolute Gasteiger partial charge is 0.397 e. The average Bonchev–Trinajstić information content (AvgIpc) is 2.08. The molecule has 0 heterocycles. The van der Waals surface area contributed by atoms with Crippen LogP contribution in [0, 0.1) is 0 Å². The smallest absolute Gasteiger partial charge is 0.0635 e. The minimum Gasteiger partial charge on any atom is -0.397 e. The quantitative estimate of drug-likeness (QED) is 0.707. The minimum atomic E-state index is -0.136. The molecule has 3 heteroatoms. The molecule has 0 aromatic heterocycles. The Balaban J connectivity index is 3.60. The molecule has 48 valence electrons. The lowest BCUT2D eigenvalue weighted by Crippen LogP contribution is -1.86. The molecule has 0 fully saturated rings. The van der Waals surface area contributed by atoms with Crippen molar-refractivity contribution in [3.8, 4) is 0 Å². The Labute approximate surface area is 74.7 Å². The van der Waals surface area contributed by atoms with Gasteiger partial charge in [-0.2, -0.15) is 0 Å². The molecule has 1 rings (SSSR count). The summed E-state index contributed by atoms with van der Waals surface area (Å²) in [6, 6.07) is -0.246. The van der Waals surface area contributed by atoms with Gasteiger partial charge in [0.2, 0.25) is 0 Å². The number of anilines is 1. The van der Waals surface area contributed by atoms with E-state index in [1.165, 1.54) is 0 Å². The lowest BCUT2D eigenvalue weighted by atomic mass is 10.3. The number of hydrogen-bond donors (Lipinski definition) is 1. The SMILES string of the molecule is [2H]c1c([2H])c(Br)c(N)c(Br)c1[2H]. The van der Waals surface area contributed by atoms with Crippen molar-refractivity contribution in [2.45, 2.75) is 0 Å². The van der Waals surface area contributed by atoms with Gasteiger partial charge in [-0.15, -0.1) is 0 Å². The number of nitrogens with two attached hydrogens (primary N) is 1. The fourth-order valence-electron chi connectivity index (χ4n) is 0.372. The van der Waals surface area contributed by atoms with E-state index in [2.05, 4.69) is 31.9 Å². The van der Waals surface area contributed by atoms with Gasteiger partial charge in [-0.05, 0) is 43.9 Å². The molecular weight excluding hydrogens is 246 g/mol. The van der Waals surface area contributed by atoms with Crippen molar-refractivity contribution in [2.24, 2.45) is 0 Å². The fraction of sp³-hybridized carbons (Fsp3) is 0. The Morgan fingerprint density at radius 1 is 1.33 bits per heavy atom. The van der Waals surface area contributed by atoms with Crippen molar-refractivity contribution in [3.63, 3.8) is 0 Å². The van der Waals surface area contributed by atoms with Crippen LogP contribution in [0.1, 0.15) is 4.11 Å². The van der Waals surface area contributed by atoms with Crippen molar-refractivity contribution < 1.29 is 4.11 Å². The van der Waals surface area contributed by atoms with Crippen LogP contribution >= 0.6 is 31.9 Å². The minimum absolute atomic E-state index is 0.0549. The van der Waals surface area contributed by atoms with Crippen LogP contribution in [0.4, 0.5) is 5.69 Å². The Morgan fingerprint density at radius 2 is 1.78 bits per heavy atom. The highest BCUT2D eigenvalue weighted by Crippen LogP contribution is 2.26. The van der Waals surface area contributed by atoms with E-state index in [1.807, 2.05) is 0 Å². The summed E-state index contributed by atoms with van der Waals surface area (Å²) in [6.45, 7) is 0. The second-order valence-electron chi connectivity index (χ2n) is 1.42. The van der Waals surface area contributed by atoms with Crippen molar-refractivity contribution in [1.82, 2.24) is 0 Å². The first kappa shape index (κ1) is 3.98. The summed E-state index contributed by atoms with van der Waals surface area (Å²) in [5, 5.41) is 0. The maximum absolute atomic E-state index is 7.37. The van der Waals surface area contributed by atoms with Gasteiger partial charge in [0.1, 0.15) is 0 Å². The van der Waals surface area contributed by atoms with Gasteiger partial charge in [-0.3, -0.25) is 0 Å². The number of para-hydroxylation sites is 1. The summed E-state index contributed by atoms with van der Waals surface area (Å²) in [6.07, 6.45) is 0. The molecule has 1 aromatic carbocycles. The molecule has 0 aliphatic rings. The van der Waals surface area contributed by atoms with Gasteiger partial charge in [0.05, 0.1) is 9.80 Å². The van der Waals surface area contributed by atoms with E-state index in [0.717, 1.165) is 0 Å². The predicted molar refractivity (Wildman–Crippen MR) is 46.3 cm³/mol. The molecule has 0 bridgehead atoms. The maximum Gasteiger partial charge on any atom is 0.0635 e. The van der Waals surface area contributed by atoms with Crippen molar-refractivity contribution in [2.75, 3.05) is 5.73 Å². The summed E-state index contributed by atoms with van der Waals surface area (Å²) in [5.41, 5.74) is 5.83. The third-order valence-corrected chi connectivity index (χ3v) is 2.07. The van der Waals surface area contributed by atoms with E-state index in [-0.39, 0.29) is 18.1 Å².